The molecule has 2 heterocycles. The van der Waals surface area contributed by atoms with Gasteiger partial charge in [-0.3, -0.25) is 24.0 Å². The molecular weight excluding hydrogens is 426 g/mol. The van der Waals surface area contributed by atoms with E-state index in [4.69, 9.17) is 9.47 Å². The maximum Gasteiger partial charge on any atom is 0.338 e. The lowest BCUT2D eigenvalue weighted by Crippen LogP contribution is -2.37. The number of rotatable bonds is 7. The van der Waals surface area contributed by atoms with E-state index in [0.717, 1.165) is 22.8 Å². The fourth-order valence-corrected chi connectivity index (χ4v) is 3.05. The van der Waals surface area contributed by atoms with Crippen molar-refractivity contribution in [3.8, 4) is 0 Å². The lowest BCUT2D eigenvalue weighted by atomic mass is 10.1. The van der Waals surface area contributed by atoms with Crippen LogP contribution in [0, 0.1) is 10.1 Å². The number of carbonyl (C=O) groups excluding carboxylic acids is 2. The summed E-state index contributed by atoms with van der Waals surface area (Å²) in [5, 5.41) is 11.1. The van der Waals surface area contributed by atoms with Crippen molar-refractivity contribution in [3.63, 3.8) is 0 Å². The number of hydrogen-bond donors (Lipinski definition) is 0. The third-order valence-corrected chi connectivity index (χ3v) is 4.66. The largest absolute Gasteiger partial charge is 0.462 e. The molecule has 0 aliphatic rings. The van der Waals surface area contributed by atoms with Crippen molar-refractivity contribution in [1.82, 2.24) is 18.7 Å². The van der Waals surface area contributed by atoms with Crippen molar-refractivity contribution in [2.75, 3.05) is 13.2 Å². The molecular formula is C19H19N5O8. The van der Waals surface area contributed by atoms with E-state index >= 15 is 0 Å². The SMILES string of the molecule is CCOC(=O)c1cc(C(=O)OCCn2cnc3c2c(=O)n(C)c(=O)n3C)cc([N+](=O)[O-])c1. The second kappa shape index (κ2) is 8.83. The molecule has 168 valence electrons. The molecule has 3 rings (SSSR count). The minimum Gasteiger partial charge on any atom is -0.462 e. The summed E-state index contributed by atoms with van der Waals surface area (Å²) in [5.74, 6) is -1.71. The highest BCUT2D eigenvalue weighted by molar-refractivity contribution is 5.96. The molecule has 0 unspecified atom stereocenters. The summed E-state index contributed by atoms with van der Waals surface area (Å²) in [6.45, 7) is 1.48. The molecule has 0 bridgehead atoms. The maximum absolute atomic E-state index is 12.4. The number of nitrogens with zero attached hydrogens (tertiary/aromatic N) is 5. The number of ether oxygens (including phenoxy) is 2. The highest BCUT2D eigenvalue weighted by atomic mass is 16.6. The van der Waals surface area contributed by atoms with Crippen LogP contribution in [0.4, 0.5) is 5.69 Å². The van der Waals surface area contributed by atoms with Gasteiger partial charge in [-0.15, -0.1) is 0 Å². The van der Waals surface area contributed by atoms with Gasteiger partial charge < -0.3 is 14.0 Å². The first kappa shape index (κ1) is 22.4. The minimum absolute atomic E-state index is 0.0370. The maximum atomic E-state index is 12.4. The summed E-state index contributed by atoms with van der Waals surface area (Å²) < 4.78 is 13.6. The van der Waals surface area contributed by atoms with Crippen LogP contribution in [0.5, 0.6) is 0 Å². The molecule has 2 aromatic heterocycles. The second-order valence-electron chi connectivity index (χ2n) is 6.70. The summed E-state index contributed by atoms with van der Waals surface area (Å²) in [6.07, 6.45) is 1.34. The van der Waals surface area contributed by atoms with E-state index in [1.54, 1.807) is 6.92 Å². The quantitative estimate of drug-likeness (QED) is 0.285. The number of esters is 2. The van der Waals surface area contributed by atoms with E-state index < -0.39 is 33.8 Å². The Morgan fingerprint density at radius 3 is 2.28 bits per heavy atom. The Kier molecular flexibility index (Phi) is 6.18. The first-order valence-corrected chi connectivity index (χ1v) is 9.40. The van der Waals surface area contributed by atoms with Gasteiger partial charge in [0.25, 0.3) is 11.2 Å². The van der Waals surface area contributed by atoms with E-state index in [1.807, 2.05) is 0 Å². The molecule has 0 radical (unpaired) electrons. The second-order valence-corrected chi connectivity index (χ2v) is 6.70. The Morgan fingerprint density at radius 2 is 1.69 bits per heavy atom. The monoisotopic (exact) mass is 445 g/mol. The van der Waals surface area contributed by atoms with Crippen molar-refractivity contribution in [3.05, 3.63) is 66.6 Å². The predicted octanol–water partition coefficient (Wildman–Crippen LogP) is 0.376. The number of non-ortho nitro benzene ring substituents is 1. The third-order valence-electron chi connectivity index (χ3n) is 4.66. The topological polar surface area (TPSA) is 158 Å². The van der Waals surface area contributed by atoms with E-state index in [2.05, 4.69) is 4.98 Å². The first-order valence-electron chi connectivity index (χ1n) is 9.40. The zero-order valence-corrected chi connectivity index (χ0v) is 17.4. The summed E-state index contributed by atoms with van der Waals surface area (Å²) in [7, 11) is 2.82. The highest BCUT2D eigenvalue weighted by Crippen LogP contribution is 2.19. The number of aromatic nitrogens is 4. The number of nitro benzene ring substituents is 1. The average molecular weight is 445 g/mol. The van der Waals surface area contributed by atoms with Gasteiger partial charge in [-0.25, -0.2) is 19.4 Å². The lowest BCUT2D eigenvalue weighted by molar-refractivity contribution is -0.384. The van der Waals surface area contributed by atoms with Crippen LogP contribution >= 0.6 is 0 Å². The van der Waals surface area contributed by atoms with Crippen molar-refractivity contribution in [1.29, 1.82) is 0 Å². The van der Waals surface area contributed by atoms with Gasteiger partial charge in [-0.1, -0.05) is 0 Å². The van der Waals surface area contributed by atoms with Crippen molar-refractivity contribution < 1.29 is 24.0 Å². The molecule has 0 atom stereocenters. The van der Waals surface area contributed by atoms with Crippen LogP contribution in [0.25, 0.3) is 11.2 Å². The van der Waals surface area contributed by atoms with E-state index in [9.17, 15) is 29.3 Å². The van der Waals surface area contributed by atoms with Gasteiger partial charge in [0.15, 0.2) is 11.2 Å². The minimum atomic E-state index is -0.899. The average Bonchev–Trinajstić information content (AvgIpc) is 3.20. The summed E-state index contributed by atoms with van der Waals surface area (Å²) in [6, 6.07) is 3.14. The Balaban J connectivity index is 1.81. The van der Waals surface area contributed by atoms with Gasteiger partial charge in [0, 0.05) is 26.2 Å². The van der Waals surface area contributed by atoms with Crippen LogP contribution < -0.4 is 11.2 Å². The van der Waals surface area contributed by atoms with Crippen LogP contribution in [0.15, 0.2) is 34.1 Å². The number of carbonyl (C=O) groups is 2. The Hall–Kier alpha value is -4.29. The van der Waals surface area contributed by atoms with Crippen LogP contribution in [-0.2, 0) is 30.1 Å². The van der Waals surface area contributed by atoms with Crippen LogP contribution in [-0.4, -0.2) is 48.8 Å². The smallest absolute Gasteiger partial charge is 0.338 e. The fraction of sp³-hybridized carbons (Fsp3) is 0.316. The van der Waals surface area contributed by atoms with Crippen LogP contribution in [0.3, 0.4) is 0 Å². The molecule has 13 heteroatoms. The normalized spacial score (nSPS) is 10.8. The number of nitro groups is 1. The molecule has 0 aliphatic heterocycles. The molecule has 0 fully saturated rings. The number of aryl methyl sites for hydroxylation is 1. The molecule has 0 N–H and O–H groups in total. The molecule has 13 nitrogen and oxygen atoms in total. The van der Waals surface area contributed by atoms with Crippen molar-refractivity contribution in [2.45, 2.75) is 13.5 Å². The van der Waals surface area contributed by atoms with Crippen molar-refractivity contribution in [2.24, 2.45) is 14.1 Å². The molecule has 0 saturated heterocycles. The number of benzene rings is 1. The van der Waals surface area contributed by atoms with Gasteiger partial charge in [0.2, 0.25) is 0 Å². The third kappa shape index (κ3) is 4.12. The summed E-state index contributed by atoms with van der Waals surface area (Å²) >= 11 is 0. The van der Waals surface area contributed by atoms with Gasteiger partial charge in [-0.05, 0) is 13.0 Å². The number of fused-ring (bicyclic) bond motifs is 1. The van der Waals surface area contributed by atoms with Gasteiger partial charge in [0.05, 0.1) is 35.5 Å². The Bertz CT molecular complexity index is 1350. The summed E-state index contributed by atoms with van der Waals surface area (Å²) in [4.78, 5) is 63.3. The van der Waals surface area contributed by atoms with Gasteiger partial charge in [-0.2, -0.15) is 0 Å². The molecule has 0 saturated carbocycles. The van der Waals surface area contributed by atoms with E-state index in [1.165, 1.54) is 29.6 Å². The zero-order chi connectivity index (χ0) is 23.6. The molecule has 3 aromatic rings. The van der Waals surface area contributed by atoms with Crippen molar-refractivity contribution >= 4 is 28.8 Å². The Labute approximate surface area is 179 Å². The Morgan fingerprint density at radius 1 is 1.06 bits per heavy atom. The standard InChI is InChI=1S/C19H19N5O8/c1-4-31-17(26)11-7-12(9-13(8-11)24(29)30)18(27)32-6-5-23-10-20-15-14(23)16(25)22(3)19(28)21(15)2/h7-10H,4-6H2,1-3H3. The highest BCUT2D eigenvalue weighted by Gasteiger charge is 2.20. The van der Waals surface area contributed by atoms with Crippen LogP contribution in [0.1, 0.15) is 27.6 Å². The number of imidazole rings is 1. The molecule has 32 heavy (non-hydrogen) atoms. The zero-order valence-electron chi connectivity index (χ0n) is 17.4. The number of hydrogen-bond acceptors (Lipinski definition) is 9. The van der Waals surface area contributed by atoms with Gasteiger partial charge >= 0.3 is 17.6 Å². The van der Waals surface area contributed by atoms with E-state index in [-0.39, 0.29) is 42.0 Å². The molecule has 0 amide bonds. The summed E-state index contributed by atoms with van der Waals surface area (Å²) in [5.41, 5.74) is -1.55. The predicted molar refractivity (Wildman–Crippen MR) is 110 cm³/mol. The fourth-order valence-electron chi connectivity index (χ4n) is 3.05. The molecule has 0 aliphatic carbocycles. The van der Waals surface area contributed by atoms with Crippen LogP contribution in [0.2, 0.25) is 0 Å². The molecule has 1 aromatic carbocycles. The van der Waals surface area contributed by atoms with E-state index in [0.29, 0.717) is 0 Å². The molecule has 0 spiro atoms. The lowest BCUT2D eigenvalue weighted by Gasteiger charge is -2.09. The van der Waals surface area contributed by atoms with Gasteiger partial charge in [0.1, 0.15) is 6.61 Å². The first-order chi connectivity index (χ1) is 15.1.